The number of para-hydroxylation sites is 1. The van der Waals surface area contributed by atoms with Gasteiger partial charge in [0.15, 0.2) is 6.61 Å². The highest BCUT2D eigenvalue weighted by Crippen LogP contribution is 2.26. The summed E-state index contributed by atoms with van der Waals surface area (Å²) in [6, 6.07) is 17.1. The van der Waals surface area contributed by atoms with Crippen LogP contribution in [0.25, 0.3) is 11.6 Å². The van der Waals surface area contributed by atoms with E-state index in [0.29, 0.717) is 11.3 Å². The third-order valence-corrected chi connectivity index (χ3v) is 5.55. The molecule has 2 atom stereocenters. The molecule has 1 aliphatic heterocycles. The Morgan fingerprint density at radius 1 is 1.00 bits per heavy atom. The van der Waals surface area contributed by atoms with Gasteiger partial charge in [-0.15, -0.1) is 0 Å². The largest absolute Gasteiger partial charge is 0.496 e. The number of benzene rings is 2. The predicted octanol–water partition coefficient (Wildman–Crippen LogP) is 4.57. The summed E-state index contributed by atoms with van der Waals surface area (Å²) in [5, 5.41) is 0. The Balaban J connectivity index is 1.81. The Hall–Kier alpha value is -3.08. The van der Waals surface area contributed by atoms with Crippen LogP contribution in [0, 0.1) is 0 Å². The van der Waals surface area contributed by atoms with E-state index in [2.05, 4.69) is 0 Å². The number of hydrogen-bond donors (Lipinski definition) is 0. The molecule has 0 aromatic heterocycles. The molecule has 1 aliphatic rings. The van der Waals surface area contributed by atoms with Gasteiger partial charge in [0.25, 0.3) is 5.91 Å². The second-order valence-corrected chi connectivity index (χ2v) is 7.67. The predicted molar refractivity (Wildman–Crippen MR) is 118 cm³/mol. The van der Waals surface area contributed by atoms with Crippen LogP contribution in [0.5, 0.6) is 5.75 Å². The molecule has 0 radical (unpaired) electrons. The van der Waals surface area contributed by atoms with Gasteiger partial charge in [0.05, 0.1) is 12.7 Å². The molecule has 0 N–H and O–H groups in total. The number of carbonyl (C=O) groups excluding carboxylic acids is 2. The van der Waals surface area contributed by atoms with Crippen molar-refractivity contribution in [3.05, 3.63) is 65.7 Å². The lowest BCUT2D eigenvalue weighted by Gasteiger charge is -2.38. The number of piperidine rings is 1. The zero-order chi connectivity index (χ0) is 21.5. The van der Waals surface area contributed by atoms with Gasteiger partial charge in [0.2, 0.25) is 0 Å². The lowest BCUT2D eigenvalue weighted by atomic mass is 9.97. The van der Waals surface area contributed by atoms with E-state index < -0.39 is 5.97 Å². The third kappa shape index (κ3) is 5.09. The highest BCUT2D eigenvalue weighted by molar-refractivity contribution is 6.22. The van der Waals surface area contributed by atoms with E-state index in [0.717, 1.165) is 30.4 Å². The average Bonchev–Trinajstić information content (AvgIpc) is 2.76. The highest BCUT2D eigenvalue weighted by Gasteiger charge is 2.29. The van der Waals surface area contributed by atoms with Crippen molar-refractivity contribution < 1.29 is 19.1 Å². The first-order chi connectivity index (χ1) is 14.5. The molecule has 2 aromatic rings. The summed E-state index contributed by atoms with van der Waals surface area (Å²) in [5.41, 5.74) is 1.87. The van der Waals surface area contributed by atoms with Gasteiger partial charge in [0, 0.05) is 17.6 Å². The molecule has 1 saturated heterocycles. The van der Waals surface area contributed by atoms with E-state index in [1.807, 2.05) is 73.3 Å². The monoisotopic (exact) mass is 407 g/mol. The number of methoxy groups -OCH3 is 1. The van der Waals surface area contributed by atoms with Crippen molar-refractivity contribution in [1.82, 2.24) is 4.90 Å². The van der Waals surface area contributed by atoms with Crippen LogP contribution in [0.3, 0.4) is 0 Å². The van der Waals surface area contributed by atoms with Gasteiger partial charge in [-0.3, -0.25) is 4.79 Å². The van der Waals surface area contributed by atoms with Crippen LogP contribution in [0.2, 0.25) is 0 Å². The first-order valence-corrected chi connectivity index (χ1v) is 10.4. The molecule has 0 bridgehead atoms. The van der Waals surface area contributed by atoms with Crippen molar-refractivity contribution in [3.63, 3.8) is 0 Å². The molecule has 5 heteroatoms. The summed E-state index contributed by atoms with van der Waals surface area (Å²) in [6.45, 7) is 3.84. The van der Waals surface area contributed by atoms with E-state index in [1.54, 1.807) is 13.2 Å². The maximum atomic E-state index is 13.0. The minimum Gasteiger partial charge on any atom is -0.496 e. The fourth-order valence-electron chi connectivity index (χ4n) is 4.01. The fraction of sp³-hybridized carbons (Fsp3) is 0.360. The molecule has 30 heavy (non-hydrogen) atoms. The SMILES string of the molecule is COc1ccccc1/C=C(/C(=O)OCC(=O)N1[C@H](C)CCC[C@@H]1C)c1ccccc1. The Labute approximate surface area is 178 Å². The van der Waals surface area contributed by atoms with E-state index in [9.17, 15) is 9.59 Å². The van der Waals surface area contributed by atoms with Crippen LogP contribution < -0.4 is 4.74 Å². The Kier molecular flexibility index (Phi) is 7.28. The second kappa shape index (κ2) is 10.1. The Morgan fingerprint density at radius 3 is 2.30 bits per heavy atom. The molecule has 0 unspecified atom stereocenters. The van der Waals surface area contributed by atoms with Crippen molar-refractivity contribution in [2.75, 3.05) is 13.7 Å². The van der Waals surface area contributed by atoms with Gasteiger partial charge >= 0.3 is 5.97 Å². The molecular formula is C25H29NO4. The zero-order valence-electron chi connectivity index (χ0n) is 17.8. The van der Waals surface area contributed by atoms with Crippen molar-refractivity contribution in [3.8, 4) is 5.75 Å². The maximum absolute atomic E-state index is 13.0. The standard InChI is InChI=1S/C25H29NO4/c1-18-10-9-11-19(2)26(18)24(27)17-30-25(28)22(20-12-5-4-6-13-20)16-21-14-7-8-15-23(21)29-3/h4-8,12-16,18-19H,9-11,17H2,1-3H3/b22-16+/t18-,19+. The van der Waals surface area contributed by atoms with Gasteiger partial charge in [-0.1, -0.05) is 48.5 Å². The van der Waals surface area contributed by atoms with Crippen LogP contribution in [0.4, 0.5) is 0 Å². The summed E-state index contributed by atoms with van der Waals surface area (Å²) in [7, 11) is 1.59. The number of amides is 1. The van der Waals surface area contributed by atoms with Crippen LogP contribution in [0.15, 0.2) is 54.6 Å². The fourth-order valence-corrected chi connectivity index (χ4v) is 4.01. The third-order valence-electron chi connectivity index (χ3n) is 5.55. The number of likely N-dealkylation sites (tertiary alicyclic amines) is 1. The number of esters is 1. The number of ether oxygens (including phenoxy) is 2. The lowest BCUT2D eigenvalue weighted by molar-refractivity contribution is -0.151. The van der Waals surface area contributed by atoms with E-state index in [4.69, 9.17) is 9.47 Å². The van der Waals surface area contributed by atoms with Gasteiger partial charge in [0.1, 0.15) is 5.75 Å². The molecule has 0 saturated carbocycles. The van der Waals surface area contributed by atoms with Gasteiger partial charge in [-0.05, 0) is 50.8 Å². The first kappa shape index (κ1) is 21.6. The summed E-state index contributed by atoms with van der Waals surface area (Å²) in [5.74, 6) is -0.0173. The topological polar surface area (TPSA) is 55.8 Å². The molecule has 2 aromatic carbocycles. The van der Waals surface area contributed by atoms with Gasteiger partial charge < -0.3 is 14.4 Å². The van der Waals surface area contributed by atoms with Gasteiger partial charge in [-0.2, -0.15) is 0 Å². The number of nitrogens with zero attached hydrogens (tertiary/aromatic N) is 1. The van der Waals surface area contributed by atoms with Crippen LogP contribution in [-0.4, -0.2) is 42.6 Å². The first-order valence-electron chi connectivity index (χ1n) is 10.4. The minimum atomic E-state index is -0.530. The van der Waals surface area contributed by atoms with Gasteiger partial charge in [-0.25, -0.2) is 4.79 Å². The quantitative estimate of drug-likeness (QED) is 0.400. The normalized spacial score (nSPS) is 19.3. The van der Waals surface area contributed by atoms with Crippen LogP contribution >= 0.6 is 0 Å². The maximum Gasteiger partial charge on any atom is 0.339 e. The van der Waals surface area contributed by atoms with Crippen molar-refractivity contribution in [2.24, 2.45) is 0 Å². The smallest absolute Gasteiger partial charge is 0.339 e. The summed E-state index contributed by atoms with van der Waals surface area (Å²) in [4.78, 5) is 27.6. The van der Waals surface area contributed by atoms with Crippen molar-refractivity contribution in [1.29, 1.82) is 0 Å². The van der Waals surface area contributed by atoms with E-state index in [1.165, 1.54) is 0 Å². The molecule has 0 aliphatic carbocycles. The van der Waals surface area contributed by atoms with Crippen LogP contribution in [-0.2, 0) is 14.3 Å². The van der Waals surface area contributed by atoms with Crippen LogP contribution in [0.1, 0.15) is 44.2 Å². The lowest BCUT2D eigenvalue weighted by Crippen LogP contribution is -2.49. The van der Waals surface area contributed by atoms with Crippen molar-refractivity contribution >= 4 is 23.5 Å². The highest BCUT2D eigenvalue weighted by atomic mass is 16.5. The number of carbonyl (C=O) groups is 2. The molecule has 5 nitrogen and oxygen atoms in total. The molecule has 1 amide bonds. The Bertz CT molecular complexity index is 896. The summed E-state index contributed by atoms with van der Waals surface area (Å²) >= 11 is 0. The van der Waals surface area contributed by atoms with Crippen molar-refractivity contribution in [2.45, 2.75) is 45.2 Å². The molecule has 0 spiro atoms. The molecular weight excluding hydrogens is 378 g/mol. The minimum absolute atomic E-state index is 0.146. The average molecular weight is 408 g/mol. The summed E-state index contributed by atoms with van der Waals surface area (Å²) in [6.07, 6.45) is 4.82. The molecule has 158 valence electrons. The second-order valence-electron chi connectivity index (χ2n) is 7.67. The molecule has 1 fully saturated rings. The number of hydrogen-bond acceptors (Lipinski definition) is 4. The zero-order valence-corrected chi connectivity index (χ0v) is 17.8. The molecule has 1 heterocycles. The number of rotatable bonds is 6. The van der Waals surface area contributed by atoms with E-state index >= 15 is 0 Å². The molecule has 3 rings (SSSR count). The Morgan fingerprint density at radius 2 is 1.63 bits per heavy atom. The summed E-state index contributed by atoms with van der Waals surface area (Å²) < 4.78 is 10.9. The van der Waals surface area contributed by atoms with E-state index in [-0.39, 0.29) is 24.6 Å².